The van der Waals surface area contributed by atoms with E-state index in [0.29, 0.717) is 19.0 Å². The van der Waals surface area contributed by atoms with Crippen LogP contribution in [-0.2, 0) is 4.79 Å². The van der Waals surface area contributed by atoms with E-state index in [2.05, 4.69) is 0 Å². The molecule has 2 aromatic rings. The van der Waals surface area contributed by atoms with Gasteiger partial charge in [0, 0.05) is 18.7 Å². The Labute approximate surface area is 153 Å². The first-order valence-corrected chi connectivity index (χ1v) is 8.93. The summed E-state index contributed by atoms with van der Waals surface area (Å²) >= 11 is 0. The SMILES string of the molecule is O=C(O)CCOc1ccccc1C1CCN(C(=O)c2ccccc2)CC1. The van der Waals surface area contributed by atoms with Gasteiger partial charge in [0.05, 0.1) is 13.0 Å². The predicted molar refractivity (Wildman–Crippen MR) is 98.5 cm³/mol. The fourth-order valence-corrected chi connectivity index (χ4v) is 3.35. The van der Waals surface area contributed by atoms with Crippen molar-refractivity contribution in [3.63, 3.8) is 0 Å². The number of carboxylic acids is 1. The Bertz CT molecular complexity index is 752. The molecule has 3 rings (SSSR count). The van der Waals surface area contributed by atoms with Crippen molar-refractivity contribution >= 4 is 11.9 Å². The van der Waals surface area contributed by atoms with Crippen molar-refractivity contribution in [3.8, 4) is 5.75 Å². The first kappa shape index (κ1) is 18.0. The fourth-order valence-electron chi connectivity index (χ4n) is 3.35. The second-order valence-electron chi connectivity index (χ2n) is 6.46. The number of carbonyl (C=O) groups excluding carboxylic acids is 1. The number of carbonyl (C=O) groups is 2. The molecular formula is C21H23NO4. The van der Waals surface area contributed by atoms with Crippen LogP contribution in [0.4, 0.5) is 0 Å². The topological polar surface area (TPSA) is 66.8 Å². The molecule has 1 amide bonds. The smallest absolute Gasteiger partial charge is 0.306 e. The Morgan fingerprint density at radius 3 is 2.35 bits per heavy atom. The lowest BCUT2D eigenvalue weighted by Gasteiger charge is -2.33. The van der Waals surface area contributed by atoms with Gasteiger partial charge in [-0.3, -0.25) is 9.59 Å². The third-order valence-corrected chi connectivity index (χ3v) is 4.74. The molecule has 1 aliphatic rings. The van der Waals surface area contributed by atoms with Gasteiger partial charge in [0.2, 0.25) is 0 Å². The van der Waals surface area contributed by atoms with Crippen LogP contribution in [0.3, 0.4) is 0 Å². The number of rotatable bonds is 6. The van der Waals surface area contributed by atoms with Crippen LogP contribution < -0.4 is 4.74 Å². The summed E-state index contributed by atoms with van der Waals surface area (Å²) in [5.41, 5.74) is 1.83. The molecule has 0 aromatic heterocycles. The zero-order chi connectivity index (χ0) is 18.4. The van der Waals surface area contributed by atoms with Gasteiger partial charge in [0.1, 0.15) is 5.75 Å². The third kappa shape index (κ3) is 4.42. The van der Waals surface area contributed by atoms with Crippen molar-refractivity contribution in [2.75, 3.05) is 19.7 Å². The maximum absolute atomic E-state index is 12.6. The standard InChI is InChI=1S/C21H23NO4/c23-20(24)12-15-26-19-9-5-4-8-18(19)16-10-13-22(14-11-16)21(25)17-6-2-1-3-7-17/h1-9,16H,10-15H2,(H,23,24). The number of piperidine rings is 1. The summed E-state index contributed by atoms with van der Waals surface area (Å²) in [4.78, 5) is 25.1. The molecule has 1 saturated heterocycles. The molecule has 1 heterocycles. The molecule has 0 bridgehead atoms. The lowest BCUT2D eigenvalue weighted by molar-refractivity contribution is -0.137. The molecular weight excluding hydrogens is 330 g/mol. The summed E-state index contributed by atoms with van der Waals surface area (Å²) in [6.07, 6.45) is 1.73. The minimum atomic E-state index is -0.866. The van der Waals surface area contributed by atoms with Gasteiger partial charge in [-0.05, 0) is 42.5 Å². The van der Waals surface area contributed by atoms with E-state index in [1.54, 1.807) is 0 Å². The van der Waals surface area contributed by atoms with Crippen LogP contribution in [-0.4, -0.2) is 41.6 Å². The van der Waals surface area contributed by atoms with Crippen LogP contribution in [0.5, 0.6) is 5.75 Å². The van der Waals surface area contributed by atoms with Gasteiger partial charge >= 0.3 is 5.97 Å². The molecule has 0 saturated carbocycles. The number of likely N-dealkylation sites (tertiary alicyclic amines) is 1. The molecule has 0 aliphatic carbocycles. The number of aliphatic carboxylic acids is 1. The maximum atomic E-state index is 12.6. The monoisotopic (exact) mass is 353 g/mol. The van der Waals surface area contributed by atoms with Crippen LogP contribution in [0.15, 0.2) is 54.6 Å². The summed E-state index contributed by atoms with van der Waals surface area (Å²) in [6, 6.07) is 17.2. The van der Waals surface area contributed by atoms with Gasteiger partial charge in [-0.25, -0.2) is 0 Å². The molecule has 0 atom stereocenters. The van der Waals surface area contributed by atoms with E-state index < -0.39 is 5.97 Å². The van der Waals surface area contributed by atoms with Gasteiger partial charge in [-0.15, -0.1) is 0 Å². The van der Waals surface area contributed by atoms with Gasteiger partial charge < -0.3 is 14.7 Å². The van der Waals surface area contributed by atoms with E-state index in [1.165, 1.54) is 0 Å². The van der Waals surface area contributed by atoms with Crippen LogP contribution >= 0.6 is 0 Å². The Hall–Kier alpha value is -2.82. The molecule has 0 radical (unpaired) electrons. The predicted octanol–water partition coefficient (Wildman–Crippen LogP) is 3.56. The Morgan fingerprint density at radius 1 is 1.00 bits per heavy atom. The average Bonchev–Trinajstić information content (AvgIpc) is 2.68. The summed E-state index contributed by atoms with van der Waals surface area (Å²) < 4.78 is 5.68. The first-order chi connectivity index (χ1) is 12.6. The molecule has 5 heteroatoms. The lowest BCUT2D eigenvalue weighted by Crippen LogP contribution is -2.38. The number of para-hydroxylation sites is 1. The molecule has 136 valence electrons. The van der Waals surface area contributed by atoms with Crippen molar-refractivity contribution in [1.82, 2.24) is 4.90 Å². The van der Waals surface area contributed by atoms with Gasteiger partial charge in [0.25, 0.3) is 5.91 Å². The number of benzene rings is 2. The quantitative estimate of drug-likeness (QED) is 0.862. The Morgan fingerprint density at radius 2 is 1.65 bits per heavy atom. The minimum absolute atomic E-state index is 0.0155. The molecule has 1 fully saturated rings. The van der Waals surface area contributed by atoms with Gasteiger partial charge in [-0.1, -0.05) is 36.4 Å². The molecule has 26 heavy (non-hydrogen) atoms. The number of hydrogen-bond donors (Lipinski definition) is 1. The van der Waals surface area contributed by atoms with E-state index in [0.717, 1.165) is 29.7 Å². The fraction of sp³-hybridized carbons (Fsp3) is 0.333. The second-order valence-corrected chi connectivity index (χ2v) is 6.46. The van der Waals surface area contributed by atoms with Crippen LogP contribution in [0, 0.1) is 0 Å². The zero-order valence-corrected chi connectivity index (χ0v) is 14.6. The van der Waals surface area contributed by atoms with Gasteiger partial charge in [-0.2, -0.15) is 0 Å². The molecule has 2 aromatic carbocycles. The third-order valence-electron chi connectivity index (χ3n) is 4.74. The van der Waals surface area contributed by atoms with Crippen molar-refractivity contribution in [1.29, 1.82) is 0 Å². The highest BCUT2D eigenvalue weighted by Gasteiger charge is 2.26. The van der Waals surface area contributed by atoms with E-state index in [4.69, 9.17) is 9.84 Å². The highest BCUT2D eigenvalue weighted by atomic mass is 16.5. The van der Waals surface area contributed by atoms with E-state index in [-0.39, 0.29) is 18.9 Å². The summed E-state index contributed by atoms with van der Waals surface area (Å²) in [6.45, 7) is 1.58. The summed E-state index contributed by atoms with van der Waals surface area (Å²) in [5, 5.41) is 8.77. The largest absolute Gasteiger partial charge is 0.493 e. The maximum Gasteiger partial charge on any atom is 0.306 e. The van der Waals surface area contributed by atoms with Gasteiger partial charge in [0.15, 0.2) is 0 Å². The van der Waals surface area contributed by atoms with Crippen molar-refractivity contribution in [2.45, 2.75) is 25.2 Å². The van der Waals surface area contributed by atoms with E-state index in [1.807, 2.05) is 59.5 Å². The normalized spacial score (nSPS) is 14.8. The first-order valence-electron chi connectivity index (χ1n) is 8.93. The van der Waals surface area contributed by atoms with Crippen molar-refractivity contribution < 1.29 is 19.4 Å². The average molecular weight is 353 g/mol. The van der Waals surface area contributed by atoms with Crippen molar-refractivity contribution in [2.24, 2.45) is 0 Å². The van der Waals surface area contributed by atoms with Crippen LogP contribution in [0.2, 0.25) is 0 Å². The second kappa shape index (κ2) is 8.52. The highest BCUT2D eigenvalue weighted by Crippen LogP contribution is 2.34. The highest BCUT2D eigenvalue weighted by molar-refractivity contribution is 5.94. The van der Waals surface area contributed by atoms with E-state index >= 15 is 0 Å². The molecule has 1 N–H and O–H groups in total. The van der Waals surface area contributed by atoms with E-state index in [9.17, 15) is 9.59 Å². The number of nitrogens with zero attached hydrogens (tertiary/aromatic N) is 1. The molecule has 1 aliphatic heterocycles. The van der Waals surface area contributed by atoms with Crippen molar-refractivity contribution in [3.05, 3.63) is 65.7 Å². The number of amides is 1. The summed E-state index contributed by atoms with van der Waals surface area (Å²) in [7, 11) is 0. The molecule has 5 nitrogen and oxygen atoms in total. The molecule has 0 unspecified atom stereocenters. The molecule has 0 spiro atoms. The summed E-state index contributed by atoms with van der Waals surface area (Å²) in [5.74, 6) is 0.280. The minimum Gasteiger partial charge on any atom is -0.493 e. The number of carboxylic acid groups (broad SMARTS) is 1. The zero-order valence-electron chi connectivity index (χ0n) is 14.6. The number of ether oxygens (including phenoxy) is 1. The number of hydrogen-bond acceptors (Lipinski definition) is 3. The van der Waals surface area contributed by atoms with Crippen LogP contribution in [0.25, 0.3) is 0 Å². The Kier molecular flexibility index (Phi) is 5.89. The van der Waals surface area contributed by atoms with Crippen LogP contribution in [0.1, 0.15) is 41.1 Å². The lowest BCUT2D eigenvalue weighted by atomic mass is 9.88. The Balaban J connectivity index is 1.61.